The number of anilines is 1. The van der Waals surface area contributed by atoms with Gasteiger partial charge in [-0.05, 0) is 61.9 Å². The van der Waals surface area contributed by atoms with E-state index in [1.807, 2.05) is 30.3 Å². The van der Waals surface area contributed by atoms with E-state index in [2.05, 4.69) is 18.5 Å². The van der Waals surface area contributed by atoms with Gasteiger partial charge in [-0.15, -0.1) is 13.2 Å². The van der Waals surface area contributed by atoms with Crippen LogP contribution in [0.5, 0.6) is 0 Å². The van der Waals surface area contributed by atoms with Crippen LogP contribution in [-0.2, 0) is 28.7 Å². The second-order valence-electron chi connectivity index (χ2n) is 12.2. The first-order chi connectivity index (χ1) is 22.7. The molecule has 0 radical (unpaired) electrons. The maximum atomic E-state index is 14.6. The second kappa shape index (κ2) is 15.3. The molecule has 11 heteroatoms. The lowest BCUT2D eigenvalue weighted by Gasteiger charge is -2.36. The third-order valence-corrected chi connectivity index (χ3v) is 9.57. The molecule has 2 aromatic rings. The number of carbonyl (C=O) groups excluding carboxylic acids is 4. The molecule has 5 rings (SSSR count). The molecule has 3 amide bonds. The van der Waals surface area contributed by atoms with E-state index in [1.54, 1.807) is 41.3 Å². The number of benzene rings is 2. The molecule has 0 aromatic heterocycles. The number of fused-ring (bicyclic) bond motifs is 1. The van der Waals surface area contributed by atoms with Crippen molar-refractivity contribution in [3.63, 3.8) is 0 Å². The van der Waals surface area contributed by atoms with E-state index in [0.29, 0.717) is 48.4 Å². The van der Waals surface area contributed by atoms with Gasteiger partial charge in [0.05, 0.1) is 24.5 Å². The Kier molecular flexibility index (Phi) is 11.2. The molecular formula is C36H42ClN3O7. The van der Waals surface area contributed by atoms with Crippen LogP contribution in [0.4, 0.5) is 5.69 Å². The van der Waals surface area contributed by atoms with Gasteiger partial charge in [0.15, 0.2) is 0 Å². The van der Waals surface area contributed by atoms with Gasteiger partial charge in [-0.25, -0.2) is 0 Å². The summed E-state index contributed by atoms with van der Waals surface area (Å²) in [6, 6.07) is 15.0. The number of hydrogen-bond donors (Lipinski definition) is 2. The van der Waals surface area contributed by atoms with E-state index in [9.17, 15) is 24.3 Å². The first-order valence-corrected chi connectivity index (χ1v) is 16.5. The average molecular weight is 664 g/mol. The summed E-state index contributed by atoms with van der Waals surface area (Å²) in [6.45, 7) is 7.89. The Labute approximate surface area is 280 Å². The smallest absolute Gasteiger partial charge is 0.313 e. The number of nitrogens with one attached hydrogen (secondary N) is 1. The number of rotatable bonds is 16. The Morgan fingerprint density at radius 1 is 1.13 bits per heavy atom. The van der Waals surface area contributed by atoms with Crippen molar-refractivity contribution in [1.82, 2.24) is 10.2 Å². The number of aliphatic hydroxyl groups excluding tert-OH is 1. The zero-order chi connectivity index (χ0) is 33.6. The van der Waals surface area contributed by atoms with Crippen LogP contribution in [0.25, 0.3) is 0 Å². The zero-order valence-corrected chi connectivity index (χ0v) is 27.1. The Morgan fingerprint density at radius 2 is 1.87 bits per heavy atom. The molecule has 1 spiro atoms. The minimum absolute atomic E-state index is 0.0545. The Balaban J connectivity index is 1.44. The van der Waals surface area contributed by atoms with Gasteiger partial charge in [-0.3, -0.25) is 19.2 Å². The molecule has 6 atom stereocenters. The molecular weight excluding hydrogens is 622 g/mol. The molecule has 2 aromatic carbocycles. The summed E-state index contributed by atoms with van der Waals surface area (Å²) in [4.78, 5) is 58.5. The minimum Gasteiger partial charge on any atom is -0.455 e. The molecule has 3 aliphatic heterocycles. The highest BCUT2D eigenvalue weighted by molar-refractivity contribution is 6.30. The van der Waals surface area contributed by atoms with Gasteiger partial charge >= 0.3 is 5.97 Å². The van der Waals surface area contributed by atoms with Gasteiger partial charge in [0.1, 0.15) is 17.7 Å². The van der Waals surface area contributed by atoms with Crippen molar-refractivity contribution in [1.29, 1.82) is 0 Å². The molecule has 2 N–H and O–H groups in total. The van der Waals surface area contributed by atoms with Crippen LogP contribution < -0.4 is 10.2 Å². The third-order valence-electron chi connectivity index (χ3n) is 9.32. The lowest BCUT2D eigenvalue weighted by molar-refractivity contribution is -0.160. The zero-order valence-electron chi connectivity index (χ0n) is 26.4. The summed E-state index contributed by atoms with van der Waals surface area (Å²) >= 11 is 6.13. The first kappa shape index (κ1) is 34.3. The SMILES string of the molecule is C=CCCC(=O)NC[C@H](OC(=O)[C@@H]1[C@@H]2CC[C@]3(O2)[C@H](C(=O)N(CC=C)c2ccc(Cl)cc2)N(CCCCO)C(=O)[C@@H]13)c1ccccc1. The van der Waals surface area contributed by atoms with Gasteiger partial charge in [0.25, 0.3) is 5.91 Å². The number of esters is 1. The first-order valence-electron chi connectivity index (χ1n) is 16.2. The number of hydrogen-bond acceptors (Lipinski definition) is 7. The topological polar surface area (TPSA) is 125 Å². The number of unbranched alkanes of at least 4 members (excludes halogenated alkanes) is 1. The summed E-state index contributed by atoms with van der Waals surface area (Å²) in [6.07, 6.45) is 4.48. The number of halogens is 1. The van der Waals surface area contributed by atoms with Crippen molar-refractivity contribution in [2.45, 2.75) is 62.4 Å². The van der Waals surface area contributed by atoms with E-state index in [4.69, 9.17) is 21.1 Å². The normalized spacial score (nSPS) is 24.8. The number of likely N-dealkylation sites (tertiary alicyclic amines) is 1. The quantitative estimate of drug-likeness (QED) is 0.155. The lowest BCUT2D eigenvalue weighted by atomic mass is 9.70. The molecule has 3 heterocycles. The molecule has 0 aliphatic carbocycles. The fourth-order valence-electron chi connectivity index (χ4n) is 7.20. The largest absolute Gasteiger partial charge is 0.455 e. The molecule has 3 fully saturated rings. The molecule has 250 valence electrons. The van der Waals surface area contributed by atoms with Crippen LogP contribution in [-0.4, -0.2) is 77.7 Å². The van der Waals surface area contributed by atoms with Crippen LogP contribution in [0.3, 0.4) is 0 Å². The molecule has 3 aliphatic rings. The summed E-state index contributed by atoms with van der Waals surface area (Å²) in [5.74, 6) is -3.33. The number of carbonyl (C=O) groups is 4. The van der Waals surface area contributed by atoms with Gasteiger partial charge in [0, 0.05) is 36.8 Å². The van der Waals surface area contributed by atoms with Crippen LogP contribution in [0.2, 0.25) is 5.02 Å². The standard InChI is InChI=1S/C36H42ClN3O7/c1-3-5-13-29(42)38-23-28(24-11-7-6-8-12-24)46-35(45)30-27-18-19-36(47-27)31(30)33(43)40(21-9-10-22-41)32(36)34(44)39(20-4-2)26-16-14-25(37)15-17-26/h3-4,6-8,11-12,14-17,27-28,30-32,41H,1-2,5,9-10,13,18-23H2,(H,38,42)/t27-,28-,30+,31+,32-,36+/m0/s1. The lowest BCUT2D eigenvalue weighted by Crippen LogP contribution is -2.56. The van der Waals surface area contributed by atoms with Crippen LogP contribution in [0.1, 0.15) is 50.2 Å². The van der Waals surface area contributed by atoms with Crippen molar-refractivity contribution < 1.29 is 33.8 Å². The summed E-state index contributed by atoms with van der Waals surface area (Å²) in [7, 11) is 0. The number of nitrogens with zero attached hydrogens (tertiary/aromatic N) is 2. The minimum atomic E-state index is -1.23. The third kappa shape index (κ3) is 7.00. The van der Waals surface area contributed by atoms with E-state index in [1.165, 1.54) is 4.90 Å². The van der Waals surface area contributed by atoms with Crippen LogP contribution in [0.15, 0.2) is 79.9 Å². The fourth-order valence-corrected chi connectivity index (χ4v) is 7.32. The van der Waals surface area contributed by atoms with E-state index in [0.717, 1.165) is 0 Å². The van der Waals surface area contributed by atoms with Gasteiger partial charge in [-0.2, -0.15) is 0 Å². The van der Waals surface area contributed by atoms with Crippen molar-refractivity contribution in [2.24, 2.45) is 11.8 Å². The van der Waals surface area contributed by atoms with Gasteiger partial charge < -0.3 is 29.7 Å². The second-order valence-corrected chi connectivity index (χ2v) is 12.6. The Hall–Kier alpha value is -3.99. The number of ether oxygens (including phenoxy) is 2. The molecule has 3 saturated heterocycles. The highest BCUT2D eigenvalue weighted by Crippen LogP contribution is 2.59. The Morgan fingerprint density at radius 3 is 2.55 bits per heavy atom. The average Bonchev–Trinajstić information content (AvgIpc) is 3.72. The molecule has 0 saturated carbocycles. The monoisotopic (exact) mass is 663 g/mol. The van der Waals surface area contributed by atoms with Gasteiger partial charge in [-0.1, -0.05) is 54.1 Å². The summed E-state index contributed by atoms with van der Waals surface area (Å²) in [5.41, 5.74) is 0.0590. The van der Waals surface area contributed by atoms with Crippen LogP contribution in [0, 0.1) is 11.8 Å². The summed E-state index contributed by atoms with van der Waals surface area (Å²) in [5, 5.41) is 12.8. The molecule has 10 nitrogen and oxygen atoms in total. The number of amides is 3. The number of allylic oxidation sites excluding steroid dienone is 1. The highest BCUT2D eigenvalue weighted by Gasteiger charge is 2.75. The van der Waals surface area contributed by atoms with E-state index in [-0.39, 0.29) is 50.4 Å². The molecule has 47 heavy (non-hydrogen) atoms. The van der Waals surface area contributed by atoms with E-state index >= 15 is 0 Å². The molecule has 2 bridgehead atoms. The highest BCUT2D eigenvalue weighted by atomic mass is 35.5. The van der Waals surface area contributed by atoms with Crippen molar-refractivity contribution in [3.8, 4) is 0 Å². The summed E-state index contributed by atoms with van der Waals surface area (Å²) < 4.78 is 12.7. The van der Waals surface area contributed by atoms with Crippen molar-refractivity contribution in [2.75, 3.05) is 31.1 Å². The predicted molar refractivity (Wildman–Crippen MR) is 177 cm³/mol. The van der Waals surface area contributed by atoms with Crippen molar-refractivity contribution in [3.05, 3.63) is 90.5 Å². The van der Waals surface area contributed by atoms with E-state index < -0.39 is 41.7 Å². The van der Waals surface area contributed by atoms with Gasteiger partial charge in [0.2, 0.25) is 11.8 Å². The maximum Gasteiger partial charge on any atom is 0.313 e. The maximum absolute atomic E-state index is 14.6. The Bertz CT molecular complexity index is 1470. The predicted octanol–water partition coefficient (Wildman–Crippen LogP) is 4.37. The fraction of sp³-hybridized carbons (Fsp3) is 0.444. The number of aliphatic hydroxyl groups is 1. The van der Waals surface area contributed by atoms with Crippen molar-refractivity contribution >= 4 is 41.0 Å². The molecule has 0 unspecified atom stereocenters. The van der Waals surface area contributed by atoms with Crippen LogP contribution >= 0.6 is 11.6 Å².